The molecule has 0 atom stereocenters. The first-order valence-corrected chi connectivity index (χ1v) is 2.86. The number of nitrogens with one attached hydrogen (secondary N) is 1. The first kappa shape index (κ1) is 6.08. The van der Waals surface area contributed by atoms with Crippen LogP contribution in [0.2, 0.25) is 0 Å². The fraction of sp³-hybridized carbons (Fsp3) is 0.286. The molecule has 0 aliphatic rings. The van der Waals surface area contributed by atoms with Crippen LogP contribution in [-0.4, -0.2) is 4.98 Å². The van der Waals surface area contributed by atoms with E-state index < -0.39 is 0 Å². The fourth-order valence-electron chi connectivity index (χ4n) is 0.687. The van der Waals surface area contributed by atoms with Crippen LogP contribution in [0.25, 0.3) is 0 Å². The third-order valence-electron chi connectivity index (χ3n) is 1.23. The molecule has 1 radical (unpaired) electrons. The molecule has 0 fully saturated rings. The number of pyridine rings is 1. The van der Waals surface area contributed by atoms with Crippen LogP contribution in [-0.2, 0) is 0 Å². The fourth-order valence-corrected chi connectivity index (χ4v) is 0.687. The Morgan fingerprint density at radius 1 is 1.33 bits per heavy atom. The van der Waals surface area contributed by atoms with Crippen LogP contribution >= 0.6 is 0 Å². The van der Waals surface area contributed by atoms with Gasteiger partial charge in [0.25, 0.3) is 0 Å². The maximum atomic E-state index is 7.25. The van der Waals surface area contributed by atoms with Crippen molar-refractivity contribution in [1.29, 1.82) is 0 Å². The van der Waals surface area contributed by atoms with E-state index in [1.807, 2.05) is 19.9 Å². The van der Waals surface area contributed by atoms with Crippen molar-refractivity contribution >= 4 is 5.69 Å². The van der Waals surface area contributed by atoms with Gasteiger partial charge in [0.2, 0.25) is 0 Å². The van der Waals surface area contributed by atoms with Gasteiger partial charge < -0.3 is 0 Å². The molecule has 0 saturated carbocycles. The Hall–Kier alpha value is -1.05. The van der Waals surface area contributed by atoms with Crippen molar-refractivity contribution < 1.29 is 0 Å². The van der Waals surface area contributed by atoms with Crippen molar-refractivity contribution in [3.63, 3.8) is 0 Å². The van der Waals surface area contributed by atoms with Gasteiger partial charge in [-0.2, -0.15) is 0 Å². The molecule has 1 aromatic heterocycles. The molecular weight excluding hydrogens is 112 g/mol. The van der Waals surface area contributed by atoms with Crippen LogP contribution in [0.4, 0.5) is 5.69 Å². The molecule has 0 amide bonds. The molecule has 0 spiro atoms. The van der Waals surface area contributed by atoms with Crippen molar-refractivity contribution in [3.8, 4) is 0 Å². The van der Waals surface area contributed by atoms with E-state index in [1.54, 1.807) is 6.07 Å². The predicted octanol–water partition coefficient (Wildman–Crippen LogP) is 1.61. The third kappa shape index (κ3) is 1.19. The minimum atomic E-state index is 0.514. The van der Waals surface area contributed by atoms with Gasteiger partial charge in [0.15, 0.2) is 0 Å². The monoisotopic (exact) mass is 121 g/mol. The lowest BCUT2D eigenvalue weighted by molar-refractivity contribution is 1.11. The second-order valence-electron chi connectivity index (χ2n) is 2.09. The molecule has 0 unspecified atom stereocenters. The zero-order valence-electron chi connectivity index (χ0n) is 5.60. The summed E-state index contributed by atoms with van der Waals surface area (Å²) < 4.78 is 0. The Morgan fingerprint density at radius 2 is 2.00 bits per heavy atom. The second-order valence-corrected chi connectivity index (χ2v) is 2.09. The normalized spacial score (nSPS) is 9.56. The number of aromatic nitrogens is 1. The zero-order chi connectivity index (χ0) is 6.85. The molecule has 0 aliphatic heterocycles. The number of rotatable bonds is 0. The lowest BCUT2D eigenvalue weighted by Crippen LogP contribution is -1.85. The van der Waals surface area contributed by atoms with E-state index >= 15 is 0 Å². The molecule has 0 aromatic carbocycles. The molecule has 1 rings (SSSR count). The smallest absolute Gasteiger partial charge is 0.0752 e. The summed E-state index contributed by atoms with van der Waals surface area (Å²) in [7, 11) is 0. The molecule has 0 bridgehead atoms. The average Bonchev–Trinajstić information content (AvgIpc) is 1.80. The van der Waals surface area contributed by atoms with E-state index in [0.29, 0.717) is 5.69 Å². The van der Waals surface area contributed by atoms with Crippen molar-refractivity contribution in [2.24, 2.45) is 0 Å². The largest absolute Gasteiger partial charge is 0.299 e. The lowest BCUT2D eigenvalue weighted by Gasteiger charge is -1.96. The third-order valence-corrected chi connectivity index (χ3v) is 1.23. The topological polar surface area (TPSA) is 36.7 Å². The molecule has 2 heteroatoms. The van der Waals surface area contributed by atoms with E-state index in [9.17, 15) is 0 Å². The van der Waals surface area contributed by atoms with Crippen LogP contribution < -0.4 is 5.73 Å². The summed E-state index contributed by atoms with van der Waals surface area (Å²) in [6.07, 6.45) is 0. The van der Waals surface area contributed by atoms with Gasteiger partial charge in [-0.15, -0.1) is 0 Å². The highest BCUT2D eigenvalue weighted by molar-refractivity contribution is 5.38. The summed E-state index contributed by atoms with van der Waals surface area (Å²) in [5.41, 5.74) is 9.54. The first-order valence-electron chi connectivity index (χ1n) is 2.86. The second kappa shape index (κ2) is 2.05. The van der Waals surface area contributed by atoms with Gasteiger partial charge in [-0.25, -0.2) is 0 Å². The van der Waals surface area contributed by atoms with E-state index in [1.165, 1.54) is 0 Å². The highest BCUT2D eigenvalue weighted by Crippen LogP contribution is 2.08. The van der Waals surface area contributed by atoms with Gasteiger partial charge in [-0.05, 0) is 26.0 Å². The van der Waals surface area contributed by atoms with Crippen molar-refractivity contribution in [3.05, 3.63) is 23.5 Å². The molecule has 9 heavy (non-hydrogen) atoms. The van der Waals surface area contributed by atoms with Crippen molar-refractivity contribution in [1.82, 2.24) is 10.7 Å². The Bertz CT molecular complexity index is 218. The van der Waals surface area contributed by atoms with Crippen molar-refractivity contribution in [2.45, 2.75) is 13.8 Å². The average molecular weight is 121 g/mol. The highest BCUT2D eigenvalue weighted by Gasteiger charge is 1.92. The number of aryl methyl sites for hydroxylation is 2. The van der Waals surface area contributed by atoms with Crippen LogP contribution in [0, 0.1) is 13.8 Å². The van der Waals surface area contributed by atoms with E-state index in [0.717, 1.165) is 11.4 Å². The Labute approximate surface area is 54.7 Å². The maximum absolute atomic E-state index is 7.25. The van der Waals surface area contributed by atoms with E-state index in [4.69, 9.17) is 5.73 Å². The molecule has 1 N–H and O–H groups in total. The Balaban J connectivity index is 3.17. The number of hydrogen-bond donors (Lipinski definition) is 0. The zero-order valence-corrected chi connectivity index (χ0v) is 5.60. The molecule has 47 valence electrons. The Morgan fingerprint density at radius 3 is 2.44 bits per heavy atom. The molecular formula is C7H9N2. The van der Waals surface area contributed by atoms with Crippen LogP contribution in [0.3, 0.4) is 0 Å². The molecule has 1 aromatic rings. The van der Waals surface area contributed by atoms with Crippen LogP contribution in [0.5, 0.6) is 0 Å². The summed E-state index contributed by atoms with van der Waals surface area (Å²) in [4.78, 5) is 4.09. The molecule has 0 aliphatic carbocycles. The molecule has 1 heterocycles. The van der Waals surface area contributed by atoms with Gasteiger partial charge in [0.1, 0.15) is 0 Å². The van der Waals surface area contributed by atoms with Gasteiger partial charge in [-0.1, -0.05) is 0 Å². The van der Waals surface area contributed by atoms with Gasteiger partial charge >= 0.3 is 0 Å². The maximum Gasteiger partial charge on any atom is 0.0752 e. The van der Waals surface area contributed by atoms with Gasteiger partial charge in [0, 0.05) is 5.69 Å². The minimum absolute atomic E-state index is 0.514. The summed E-state index contributed by atoms with van der Waals surface area (Å²) >= 11 is 0. The molecule has 2 nitrogen and oxygen atoms in total. The highest BCUT2D eigenvalue weighted by atomic mass is 14.7. The first-order chi connectivity index (χ1) is 4.20. The van der Waals surface area contributed by atoms with Gasteiger partial charge in [0.05, 0.1) is 11.4 Å². The predicted molar refractivity (Wildman–Crippen MR) is 36.5 cm³/mol. The van der Waals surface area contributed by atoms with Crippen LogP contribution in [0.15, 0.2) is 12.1 Å². The minimum Gasteiger partial charge on any atom is -0.299 e. The van der Waals surface area contributed by atoms with E-state index in [-0.39, 0.29) is 0 Å². The van der Waals surface area contributed by atoms with Crippen LogP contribution in [0.1, 0.15) is 11.4 Å². The lowest BCUT2D eigenvalue weighted by atomic mass is 10.3. The van der Waals surface area contributed by atoms with Crippen molar-refractivity contribution in [2.75, 3.05) is 0 Å². The van der Waals surface area contributed by atoms with E-state index in [2.05, 4.69) is 4.98 Å². The summed E-state index contributed by atoms with van der Waals surface area (Å²) in [5.74, 6) is 0. The molecule has 0 saturated heterocycles. The quantitative estimate of drug-likeness (QED) is 0.513. The number of hydrogen-bond acceptors (Lipinski definition) is 1. The van der Waals surface area contributed by atoms with Gasteiger partial charge in [-0.3, -0.25) is 10.7 Å². The number of nitrogens with zero attached hydrogens (tertiary/aromatic N) is 1. The Kier molecular flexibility index (Phi) is 1.39. The SMILES string of the molecule is Cc1ccc([NH])c(C)n1. The summed E-state index contributed by atoms with van der Waals surface area (Å²) in [6.45, 7) is 3.77. The standard InChI is InChI=1S/C7H9N2/c1-5-3-4-7(8)6(2)9-5/h3-4,8H,1-2H3. The summed E-state index contributed by atoms with van der Waals surface area (Å²) in [5, 5.41) is 0. The summed E-state index contributed by atoms with van der Waals surface area (Å²) in [6, 6.07) is 3.60.